The van der Waals surface area contributed by atoms with Crippen molar-refractivity contribution in [1.29, 1.82) is 0 Å². The quantitative estimate of drug-likeness (QED) is 0.334. The highest BCUT2D eigenvalue weighted by Gasteiger charge is 2.65. The number of nitrogens with zero attached hydrogens (tertiary/aromatic N) is 2. The molecule has 3 heterocycles. The maximum absolute atomic E-state index is 15.0. The van der Waals surface area contributed by atoms with Gasteiger partial charge in [0.2, 0.25) is 11.8 Å². The average Bonchev–Trinajstić information content (AvgIpc) is 3.41. The van der Waals surface area contributed by atoms with E-state index in [1.54, 1.807) is 12.1 Å². The first-order valence-electron chi connectivity index (χ1n) is 14.6. The van der Waals surface area contributed by atoms with Crippen LogP contribution < -0.4 is 16.0 Å². The van der Waals surface area contributed by atoms with Crippen molar-refractivity contribution in [2.24, 2.45) is 5.41 Å². The van der Waals surface area contributed by atoms with E-state index in [0.29, 0.717) is 29.2 Å². The summed E-state index contributed by atoms with van der Waals surface area (Å²) in [5, 5.41) is 19.4. The minimum absolute atomic E-state index is 0.0733. The van der Waals surface area contributed by atoms with E-state index in [4.69, 9.17) is 23.2 Å². The first-order chi connectivity index (χ1) is 19.9. The van der Waals surface area contributed by atoms with Crippen LogP contribution in [0.2, 0.25) is 10.0 Å². The van der Waals surface area contributed by atoms with Gasteiger partial charge in [-0.1, -0.05) is 56.1 Å². The molecule has 0 radical (unpaired) electrons. The summed E-state index contributed by atoms with van der Waals surface area (Å²) >= 11 is 12.6. The average molecular weight is 621 g/mol. The Morgan fingerprint density at radius 1 is 1.14 bits per heavy atom. The van der Waals surface area contributed by atoms with Gasteiger partial charge in [-0.25, -0.2) is 4.39 Å². The molecular weight excluding hydrogens is 580 g/mol. The molecule has 4 atom stereocenters. The molecule has 0 bridgehead atoms. The third kappa shape index (κ3) is 6.05. The third-order valence-corrected chi connectivity index (χ3v) is 9.33. The summed E-state index contributed by atoms with van der Waals surface area (Å²) in [7, 11) is 0. The number of piperazine rings is 1. The number of carbonyl (C=O) groups is 2. The van der Waals surface area contributed by atoms with Crippen LogP contribution in [0.5, 0.6) is 0 Å². The van der Waals surface area contributed by atoms with Gasteiger partial charge in [0.05, 0.1) is 17.8 Å². The van der Waals surface area contributed by atoms with Gasteiger partial charge in [-0.3, -0.25) is 14.5 Å². The van der Waals surface area contributed by atoms with Crippen molar-refractivity contribution in [2.75, 3.05) is 51.3 Å². The molecule has 5 rings (SSSR count). The number of benzene rings is 2. The largest absolute Gasteiger partial charge is 0.381 e. The number of halogens is 3. The predicted molar refractivity (Wildman–Crippen MR) is 163 cm³/mol. The molecule has 2 fully saturated rings. The fourth-order valence-electron chi connectivity index (χ4n) is 6.91. The van der Waals surface area contributed by atoms with Crippen molar-refractivity contribution in [3.8, 4) is 0 Å². The number of aliphatic hydroxyl groups is 1. The predicted octanol–water partition coefficient (Wildman–Crippen LogP) is 3.96. The monoisotopic (exact) mass is 619 g/mol. The van der Waals surface area contributed by atoms with Crippen LogP contribution in [0.4, 0.5) is 10.1 Å². The number of hydrogen-bond acceptors (Lipinski definition) is 6. The lowest BCUT2D eigenvalue weighted by Crippen LogP contribution is -2.49. The molecule has 0 aromatic heterocycles. The summed E-state index contributed by atoms with van der Waals surface area (Å²) in [5.74, 6) is -1.77. The minimum atomic E-state index is -1.27. The Labute approximate surface area is 256 Å². The Morgan fingerprint density at radius 3 is 2.52 bits per heavy atom. The van der Waals surface area contributed by atoms with Gasteiger partial charge in [0, 0.05) is 55.4 Å². The zero-order chi connectivity index (χ0) is 30.2. The Kier molecular flexibility index (Phi) is 9.19. The molecule has 3 aliphatic rings. The smallest absolute Gasteiger partial charge is 0.237 e. The Hall–Kier alpha value is -2.27. The Bertz CT molecular complexity index is 1330. The van der Waals surface area contributed by atoms with Crippen LogP contribution in [0.25, 0.3) is 0 Å². The summed E-state index contributed by atoms with van der Waals surface area (Å²) in [6.45, 7) is 11.0. The maximum Gasteiger partial charge on any atom is 0.237 e. The van der Waals surface area contributed by atoms with E-state index >= 15 is 4.39 Å². The lowest BCUT2D eigenvalue weighted by Gasteiger charge is -2.37. The molecule has 0 unspecified atom stereocenters. The fraction of sp³-hybridized carbons (Fsp3) is 0.548. The molecule has 3 aliphatic heterocycles. The van der Waals surface area contributed by atoms with Crippen LogP contribution >= 0.6 is 23.2 Å². The second-order valence-electron chi connectivity index (χ2n) is 12.9. The number of amides is 2. The lowest BCUT2D eigenvalue weighted by atomic mass is 9.62. The Morgan fingerprint density at radius 2 is 1.86 bits per heavy atom. The first kappa shape index (κ1) is 31.2. The van der Waals surface area contributed by atoms with Crippen molar-refractivity contribution in [3.05, 3.63) is 63.4 Å². The fourth-order valence-corrected chi connectivity index (χ4v) is 7.27. The van der Waals surface area contributed by atoms with Gasteiger partial charge in [-0.15, -0.1) is 0 Å². The summed E-state index contributed by atoms with van der Waals surface area (Å²) in [6.07, 6.45) is 1.33. The topological polar surface area (TPSA) is 96.9 Å². The molecule has 2 saturated heterocycles. The van der Waals surface area contributed by atoms with Crippen molar-refractivity contribution < 1.29 is 19.1 Å². The van der Waals surface area contributed by atoms with Gasteiger partial charge >= 0.3 is 0 Å². The number of anilines is 1. The van der Waals surface area contributed by atoms with Gasteiger partial charge in [-0.2, -0.15) is 0 Å². The molecule has 2 aromatic rings. The SMILES string of the molecule is CC(C)(C)C[C@H]1N[C@@H](C(=O)NCCCN2CCN(CO)CC2)[C@H](c2cccc(Cl)c2)[C@@]12C(=O)Nc1cc(Cl)c(F)cc12. The van der Waals surface area contributed by atoms with Gasteiger partial charge in [0.1, 0.15) is 11.2 Å². The van der Waals surface area contributed by atoms with Crippen LogP contribution in [0, 0.1) is 11.2 Å². The number of fused-ring (bicyclic) bond motifs is 2. The van der Waals surface area contributed by atoms with Crippen molar-refractivity contribution in [3.63, 3.8) is 0 Å². The number of hydrogen-bond donors (Lipinski definition) is 4. The minimum Gasteiger partial charge on any atom is -0.381 e. The molecule has 0 aliphatic carbocycles. The molecule has 4 N–H and O–H groups in total. The van der Waals surface area contributed by atoms with Crippen molar-refractivity contribution >= 4 is 40.7 Å². The Balaban J connectivity index is 1.46. The normalized spacial score (nSPS) is 26.5. The van der Waals surface area contributed by atoms with Gasteiger partial charge in [0.25, 0.3) is 0 Å². The third-order valence-electron chi connectivity index (χ3n) is 8.81. The van der Waals surface area contributed by atoms with Crippen molar-refractivity contribution in [1.82, 2.24) is 20.4 Å². The summed E-state index contributed by atoms with van der Waals surface area (Å²) in [5.41, 5.74) is 0.211. The zero-order valence-corrected chi connectivity index (χ0v) is 25.9. The van der Waals surface area contributed by atoms with Crippen LogP contribution in [-0.4, -0.2) is 84.8 Å². The lowest BCUT2D eigenvalue weighted by molar-refractivity contribution is -0.123. The van der Waals surface area contributed by atoms with E-state index in [0.717, 1.165) is 44.7 Å². The van der Waals surface area contributed by atoms with Crippen LogP contribution in [-0.2, 0) is 15.0 Å². The molecule has 2 amide bonds. The second kappa shape index (κ2) is 12.4. The number of carbonyl (C=O) groups excluding carboxylic acids is 2. The van der Waals surface area contributed by atoms with Crippen LogP contribution in [0.3, 0.4) is 0 Å². The zero-order valence-electron chi connectivity index (χ0n) is 24.4. The standard InChI is InChI=1S/C31H40Cl2FN5O3/c1-30(2,3)17-25-31(21-15-23(34)22(33)16-24(21)36-29(31)42)26(19-6-4-7-20(32)14-19)27(37-25)28(41)35-8-5-9-38-10-12-39(18-40)13-11-38/h4,6-7,14-16,25-27,37,40H,5,8-13,17-18H2,1-3H3,(H,35,41)(H,36,42)/t25-,26+,27-,31+/m1/s1. The van der Waals surface area contributed by atoms with E-state index < -0.39 is 29.2 Å². The summed E-state index contributed by atoms with van der Waals surface area (Å²) in [6, 6.07) is 8.80. The highest BCUT2D eigenvalue weighted by molar-refractivity contribution is 6.31. The van der Waals surface area contributed by atoms with Crippen molar-refractivity contribution in [2.45, 2.75) is 57.0 Å². The van der Waals surface area contributed by atoms with Gasteiger partial charge in [-0.05, 0) is 60.2 Å². The highest BCUT2D eigenvalue weighted by atomic mass is 35.5. The summed E-state index contributed by atoms with van der Waals surface area (Å²) in [4.78, 5) is 32.5. The van der Waals surface area contributed by atoms with E-state index in [2.05, 4.69) is 41.6 Å². The number of nitrogens with one attached hydrogen (secondary N) is 3. The molecule has 8 nitrogen and oxygen atoms in total. The molecular formula is C31H40Cl2FN5O3. The van der Waals surface area contributed by atoms with Crippen LogP contribution in [0.15, 0.2) is 36.4 Å². The summed E-state index contributed by atoms with van der Waals surface area (Å²) < 4.78 is 15.0. The molecule has 42 heavy (non-hydrogen) atoms. The van der Waals surface area contributed by atoms with Crippen LogP contribution in [0.1, 0.15) is 50.7 Å². The molecule has 2 aromatic carbocycles. The van der Waals surface area contributed by atoms with Gasteiger partial charge in [0.15, 0.2) is 0 Å². The molecule has 228 valence electrons. The van der Waals surface area contributed by atoms with E-state index in [-0.39, 0.29) is 29.0 Å². The molecule has 0 saturated carbocycles. The molecule has 1 spiro atoms. The van der Waals surface area contributed by atoms with E-state index in [9.17, 15) is 14.7 Å². The number of aliphatic hydroxyl groups excluding tert-OH is 1. The van der Waals surface area contributed by atoms with Gasteiger partial charge < -0.3 is 26.0 Å². The maximum atomic E-state index is 15.0. The second-order valence-corrected chi connectivity index (χ2v) is 13.7. The number of rotatable bonds is 8. The van der Waals surface area contributed by atoms with E-state index in [1.165, 1.54) is 12.1 Å². The highest BCUT2D eigenvalue weighted by Crippen LogP contribution is 2.57. The first-order valence-corrected chi connectivity index (χ1v) is 15.4. The van der Waals surface area contributed by atoms with E-state index in [1.807, 2.05) is 17.0 Å². The molecule has 11 heteroatoms.